The molecule has 2 aliphatic heterocycles. The Morgan fingerprint density at radius 1 is 0.477 bits per heavy atom. The predicted octanol–water partition coefficient (Wildman–Crippen LogP) is -8.67. The number of hydrogen-bond acceptors (Lipinski definition) is 18. The third-order valence-electron chi connectivity index (χ3n) is 8.25. The Morgan fingerprint density at radius 3 is 1.32 bits per heavy atom. The fraction of sp³-hybridized carbons (Fsp3) is 0.486. The molecular weight excluding hydrogens is 923 g/mol. The summed E-state index contributed by atoms with van der Waals surface area (Å²) in [7, 11) is 0. The van der Waals surface area contributed by atoms with Gasteiger partial charge in [0.1, 0.15) is 18.3 Å². The van der Waals surface area contributed by atoms with E-state index in [-0.39, 0.29) is 23.8 Å². The third-order valence-corrected chi connectivity index (χ3v) is 11.5. The zero-order valence-electron chi connectivity index (χ0n) is 34.3. The van der Waals surface area contributed by atoms with Gasteiger partial charge < -0.3 is 74.4 Å². The number of aliphatic hydroxyl groups is 1. The monoisotopic (exact) mass is 971 g/mol. The molecule has 0 spiro atoms. The van der Waals surface area contributed by atoms with E-state index >= 15 is 0 Å². The van der Waals surface area contributed by atoms with Crippen LogP contribution in [0, 0.1) is 0 Å². The van der Waals surface area contributed by atoms with Crippen LogP contribution < -0.4 is 69.5 Å². The molecular formula is C35H49N13O14S3. The standard InChI is InChI=1S/C35H49N13O14S3/c36-20-14-63-17-1-18-3-19(2-17)65-16-22(35(61)62)48-32(58)13-44-28(54)9-40-24(50)5-38-26(52)7-42-30(56)11-46-34(60)21(15-64-18)47-31(57)12-43-27(53)8-39-23(49)4-37-25(51)6-41-29(55)10-45-33(20)59/h1-3,20-22,25,37,51H,4-16,36H2,(H,38,52)(H,39,49)(H,40,50)(H,41,55)(H,42,56)(H,43,53)(H,44,54)(H,45,59)(H,46,60)(H,47,57)(H,48,58)(H,61,62)/t20-,21-,22-,25?/m0/s1. The van der Waals surface area contributed by atoms with E-state index in [1.54, 1.807) is 18.2 Å². The van der Waals surface area contributed by atoms with E-state index in [2.05, 4.69) is 63.8 Å². The van der Waals surface area contributed by atoms with E-state index in [0.29, 0.717) is 14.7 Å². The Labute approximate surface area is 382 Å². The molecule has 1 aromatic rings. The molecule has 3 rings (SSSR count). The molecule has 1 aromatic carbocycles. The Kier molecular flexibility index (Phi) is 22.8. The highest BCUT2D eigenvalue weighted by atomic mass is 32.2. The highest BCUT2D eigenvalue weighted by Crippen LogP contribution is 2.32. The number of aliphatic carboxylic acids is 1. The van der Waals surface area contributed by atoms with Crippen molar-refractivity contribution in [3.05, 3.63) is 18.2 Å². The van der Waals surface area contributed by atoms with Crippen LogP contribution >= 0.6 is 35.3 Å². The van der Waals surface area contributed by atoms with Crippen LogP contribution in [0.3, 0.4) is 0 Å². The van der Waals surface area contributed by atoms with Crippen molar-refractivity contribution in [2.75, 3.05) is 82.7 Å². The van der Waals surface area contributed by atoms with Crippen LogP contribution in [0.1, 0.15) is 0 Å². The molecule has 2 aliphatic rings. The summed E-state index contributed by atoms with van der Waals surface area (Å²) < 4.78 is 0. The maximum Gasteiger partial charge on any atom is 0.327 e. The van der Waals surface area contributed by atoms with Gasteiger partial charge in [-0.05, 0) is 18.2 Å². The molecule has 1 unspecified atom stereocenters. The van der Waals surface area contributed by atoms with E-state index in [0.717, 1.165) is 35.3 Å². The van der Waals surface area contributed by atoms with Crippen molar-refractivity contribution in [3.8, 4) is 0 Å². The van der Waals surface area contributed by atoms with Crippen LogP contribution in [0.5, 0.6) is 0 Å². The van der Waals surface area contributed by atoms with Crippen molar-refractivity contribution in [2.24, 2.45) is 5.73 Å². The van der Waals surface area contributed by atoms with Gasteiger partial charge in [-0.2, -0.15) is 0 Å². The van der Waals surface area contributed by atoms with Crippen molar-refractivity contribution in [1.29, 1.82) is 0 Å². The van der Waals surface area contributed by atoms with Gasteiger partial charge in [0, 0.05) is 31.9 Å². The number of carboxylic acid groups (broad SMARTS) is 1. The van der Waals surface area contributed by atoms with Crippen molar-refractivity contribution in [2.45, 2.75) is 39.0 Å². The normalized spacial score (nSPS) is 23.7. The molecule has 0 saturated heterocycles. The first-order chi connectivity index (χ1) is 30.9. The molecule has 4 bridgehead atoms. The van der Waals surface area contributed by atoms with Crippen LogP contribution in [0.4, 0.5) is 0 Å². The van der Waals surface area contributed by atoms with E-state index in [9.17, 15) is 67.7 Å². The van der Waals surface area contributed by atoms with Gasteiger partial charge in [-0.1, -0.05) is 0 Å². The molecule has 0 fully saturated rings. The molecule has 27 nitrogen and oxygen atoms in total. The second-order valence-electron chi connectivity index (χ2n) is 13.6. The molecule has 4 atom stereocenters. The van der Waals surface area contributed by atoms with E-state index in [4.69, 9.17) is 5.73 Å². The summed E-state index contributed by atoms with van der Waals surface area (Å²) in [5, 5.41) is 47.7. The molecule has 0 aliphatic carbocycles. The fourth-order valence-electron chi connectivity index (χ4n) is 4.86. The lowest BCUT2D eigenvalue weighted by Gasteiger charge is -2.19. The zero-order chi connectivity index (χ0) is 47.9. The highest BCUT2D eigenvalue weighted by Gasteiger charge is 2.25. The number of nitrogens with two attached hydrogens (primary N) is 1. The van der Waals surface area contributed by atoms with Crippen LogP contribution in [0.2, 0.25) is 0 Å². The van der Waals surface area contributed by atoms with Crippen molar-refractivity contribution in [3.63, 3.8) is 0 Å². The first kappa shape index (κ1) is 53.1. The van der Waals surface area contributed by atoms with Gasteiger partial charge in [0.15, 0.2) is 0 Å². The average Bonchev–Trinajstić information content (AvgIpc) is 3.27. The van der Waals surface area contributed by atoms with E-state index < -0.39 is 154 Å². The SMILES string of the molecule is N[C@H]1CSc2cc3cc(c2)SC[C@H](NC(=O)CNC(=O)CNC(=O)CNC(O)CNC(=O)CNC1=O)C(=O)NCC(=O)NCC(=O)NCC(=O)NCC(=O)NCC(=O)N[C@H](C(=O)O)CS3. The summed E-state index contributed by atoms with van der Waals surface area (Å²) in [5.74, 6) is -10.7. The number of thioether (sulfide) groups is 3. The minimum atomic E-state index is -1.48. The Bertz CT molecular complexity index is 1980. The number of aliphatic hydroxyl groups excluding tert-OH is 1. The molecule has 30 heteroatoms. The van der Waals surface area contributed by atoms with E-state index in [1.807, 2.05) is 0 Å². The Hall–Kier alpha value is -6.21. The topological polar surface area (TPSA) is 416 Å². The lowest BCUT2D eigenvalue weighted by Crippen LogP contribution is -2.53. The molecule has 356 valence electrons. The van der Waals surface area contributed by atoms with Gasteiger partial charge in [-0.3, -0.25) is 58.1 Å². The summed E-state index contributed by atoms with van der Waals surface area (Å²) in [6.45, 7) is -5.74. The molecule has 2 heterocycles. The van der Waals surface area contributed by atoms with Crippen LogP contribution in [0.15, 0.2) is 32.9 Å². The number of hydrogen-bond donors (Lipinski definition) is 15. The number of carboxylic acids is 1. The van der Waals surface area contributed by atoms with Gasteiger partial charge in [0.25, 0.3) is 0 Å². The fourth-order valence-corrected chi connectivity index (χ4v) is 8.05. The van der Waals surface area contributed by atoms with E-state index in [1.165, 1.54) is 0 Å². The van der Waals surface area contributed by atoms with Crippen molar-refractivity contribution < 1.29 is 67.7 Å². The molecule has 0 radical (unpaired) electrons. The number of fused-ring (bicyclic) bond motifs is 4. The number of β-amino-alcohol motifs (C(OH)–C–C–N with tert-alkyl or cyclic N) is 1. The molecule has 65 heavy (non-hydrogen) atoms. The number of amides is 11. The van der Waals surface area contributed by atoms with Gasteiger partial charge in [0.2, 0.25) is 65.0 Å². The summed E-state index contributed by atoms with van der Waals surface area (Å²) in [4.78, 5) is 151. The summed E-state index contributed by atoms with van der Waals surface area (Å²) >= 11 is 3.11. The lowest BCUT2D eigenvalue weighted by atomic mass is 10.3. The quantitative estimate of drug-likeness (QED) is 0.124. The first-order valence-electron chi connectivity index (χ1n) is 19.3. The third kappa shape index (κ3) is 21.8. The van der Waals surface area contributed by atoms with Crippen LogP contribution in [0.25, 0.3) is 0 Å². The minimum Gasteiger partial charge on any atom is -0.480 e. The first-order valence-corrected chi connectivity index (χ1v) is 22.3. The summed E-state index contributed by atoms with van der Waals surface area (Å²) in [6, 6.07) is 0.850. The highest BCUT2D eigenvalue weighted by molar-refractivity contribution is 8.00. The second kappa shape index (κ2) is 27.9. The Balaban J connectivity index is 1.94. The number of carbonyl (C=O) groups is 12. The number of rotatable bonds is 1. The number of nitrogens with one attached hydrogen (secondary N) is 12. The molecule has 11 amide bonds. The summed E-state index contributed by atoms with van der Waals surface area (Å²) in [6.07, 6.45) is -1.40. The summed E-state index contributed by atoms with van der Waals surface area (Å²) in [5.41, 5.74) is 6.11. The number of carbonyl (C=O) groups excluding carboxylic acids is 11. The average molecular weight is 972 g/mol. The molecule has 0 aromatic heterocycles. The largest absolute Gasteiger partial charge is 0.480 e. The van der Waals surface area contributed by atoms with Gasteiger partial charge >= 0.3 is 5.97 Å². The van der Waals surface area contributed by atoms with Crippen LogP contribution in [-0.2, 0) is 57.5 Å². The zero-order valence-corrected chi connectivity index (χ0v) is 36.8. The lowest BCUT2D eigenvalue weighted by molar-refractivity contribution is -0.141. The van der Waals surface area contributed by atoms with Gasteiger partial charge in [-0.15, -0.1) is 35.3 Å². The van der Waals surface area contributed by atoms with Gasteiger partial charge in [-0.25, -0.2) is 4.79 Å². The predicted molar refractivity (Wildman–Crippen MR) is 229 cm³/mol. The molecule has 0 saturated carbocycles. The van der Waals surface area contributed by atoms with Crippen molar-refractivity contribution >= 4 is 106 Å². The minimum absolute atomic E-state index is 0.0455. The van der Waals surface area contributed by atoms with Gasteiger partial charge in [0.05, 0.1) is 71.5 Å². The Morgan fingerprint density at radius 2 is 0.846 bits per heavy atom. The number of benzene rings is 1. The maximum atomic E-state index is 13.5. The smallest absolute Gasteiger partial charge is 0.327 e. The van der Waals surface area contributed by atoms with Crippen molar-refractivity contribution in [1.82, 2.24) is 63.8 Å². The molecule has 16 N–H and O–H groups in total. The second-order valence-corrected chi connectivity index (χ2v) is 16.8. The maximum absolute atomic E-state index is 13.5. The van der Waals surface area contributed by atoms with Crippen LogP contribution in [-0.4, -0.2) is 188 Å².